The molecule has 0 aromatic heterocycles. The summed E-state index contributed by atoms with van der Waals surface area (Å²) in [6.45, 7) is 9.19. The van der Waals surface area contributed by atoms with E-state index in [0.29, 0.717) is 11.7 Å². The zero-order chi connectivity index (χ0) is 8.15. The minimum Gasteiger partial charge on any atom is -0.370 e. The molecule has 0 aliphatic heterocycles. The maximum atomic E-state index is 5.35. The van der Waals surface area contributed by atoms with E-state index >= 15 is 0 Å². The number of nitrogens with one attached hydrogen (secondary N) is 1. The first-order chi connectivity index (χ1) is 4.57. The SMILES string of the molecule is C=C(C)C(=C)NC(N)=NC. The second-order valence-corrected chi connectivity index (χ2v) is 1.99. The van der Waals surface area contributed by atoms with Gasteiger partial charge in [0.2, 0.25) is 0 Å². The van der Waals surface area contributed by atoms with E-state index in [1.54, 1.807) is 7.05 Å². The summed E-state index contributed by atoms with van der Waals surface area (Å²) >= 11 is 0. The molecule has 0 rings (SSSR count). The van der Waals surface area contributed by atoms with Crippen LogP contribution in [-0.2, 0) is 0 Å². The molecule has 0 aromatic carbocycles. The van der Waals surface area contributed by atoms with Gasteiger partial charge in [0.05, 0.1) is 0 Å². The molecule has 0 atom stereocenters. The van der Waals surface area contributed by atoms with Crippen molar-refractivity contribution in [2.75, 3.05) is 7.05 Å². The van der Waals surface area contributed by atoms with Crippen LogP contribution in [0.25, 0.3) is 0 Å². The highest BCUT2D eigenvalue weighted by molar-refractivity contribution is 5.80. The molecule has 3 heteroatoms. The van der Waals surface area contributed by atoms with E-state index in [0.717, 1.165) is 5.57 Å². The molecule has 10 heavy (non-hydrogen) atoms. The molecule has 3 nitrogen and oxygen atoms in total. The van der Waals surface area contributed by atoms with Gasteiger partial charge in [-0.2, -0.15) is 0 Å². The quantitative estimate of drug-likeness (QED) is 0.334. The minimum absolute atomic E-state index is 0.355. The van der Waals surface area contributed by atoms with Gasteiger partial charge in [0.15, 0.2) is 5.96 Å². The van der Waals surface area contributed by atoms with Crippen molar-refractivity contribution in [1.82, 2.24) is 5.32 Å². The number of rotatable bonds is 2. The normalized spacial score (nSPS) is 10.8. The second kappa shape index (κ2) is 3.71. The van der Waals surface area contributed by atoms with Gasteiger partial charge in [-0.1, -0.05) is 13.2 Å². The average molecular weight is 139 g/mol. The smallest absolute Gasteiger partial charge is 0.192 e. The van der Waals surface area contributed by atoms with E-state index < -0.39 is 0 Å². The molecular weight excluding hydrogens is 126 g/mol. The first kappa shape index (κ1) is 8.75. The third-order valence-electron chi connectivity index (χ3n) is 1.04. The van der Waals surface area contributed by atoms with Crippen molar-refractivity contribution in [2.24, 2.45) is 10.7 Å². The van der Waals surface area contributed by atoms with Crippen molar-refractivity contribution in [3.8, 4) is 0 Å². The number of hydrogen-bond donors (Lipinski definition) is 2. The molecule has 0 bridgehead atoms. The Hall–Kier alpha value is -1.25. The summed E-state index contributed by atoms with van der Waals surface area (Å²) in [5.41, 5.74) is 6.90. The van der Waals surface area contributed by atoms with Crippen molar-refractivity contribution >= 4 is 5.96 Å². The van der Waals surface area contributed by atoms with Crippen LogP contribution in [-0.4, -0.2) is 13.0 Å². The minimum atomic E-state index is 0.355. The van der Waals surface area contributed by atoms with Gasteiger partial charge in [0.25, 0.3) is 0 Å². The molecule has 0 aliphatic carbocycles. The average Bonchev–Trinajstić information content (AvgIpc) is 1.87. The molecule has 0 radical (unpaired) electrons. The Bertz CT molecular complexity index is 179. The fraction of sp³-hybridized carbons (Fsp3) is 0.286. The number of nitrogens with zero attached hydrogens (tertiary/aromatic N) is 1. The highest BCUT2D eigenvalue weighted by atomic mass is 15.1. The highest BCUT2D eigenvalue weighted by Gasteiger charge is 1.93. The van der Waals surface area contributed by atoms with E-state index in [2.05, 4.69) is 23.5 Å². The van der Waals surface area contributed by atoms with E-state index in [-0.39, 0.29) is 0 Å². The Morgan fingerprint density at radius 1 is 1.50 bits per heavy atom. The lowest BCUT2D eigenvalue weighted by Gasteiger charge is -2.06. The highest BCUT2D eigenvalue weighted by Crippen LogP contribution is 1.96. The number of hydrogen-bond acceptors (Lipinski definition) is 1. The summed E-state index contributed by atoms with van der Waals surface area (Å²) < 4.78 is 0. The van der Waals surface area contributed by atoms with E-state index in [1.165, 1.54) is 0 Å². The predicted octanol–water partition coefficient (Wildman–Crippen LogP) is 0.610. The molecule has 3 N–H and O–H groups in total. The van der Waals surface area contributed by atoms with Crippen LogP contribution in [0.3, 0.4) is 0 Å². The van der Waals surface area contributed by atoms with E-state index in [4.69, 9.17) is 5.73 Å². The first-order valence-corrected chi connectivity index (χ1v) is 2.92. The number of allylic oxidation sites excluding steroid dienone is 1. The topological polar surface area (TPSA) is 50.4 Å². The van der Waals surface area contributed by atoms with Crippen LogP contribution in [0.4, 0.5) is 0 Å². The Morgan fingerprint density at radius 2 is 2.00 bits per heavy atom. The zero-order valence-corrected chi connectivity index (χ0v) is 6.44. The Kier molecular flexibility index (Phi) is 3.25. The van der Waals surface area contributed by atoms with Crippen LogP contribution in [0.15, 0.2) is 29.4 Å². The lowest BCUT2D eigenvalue weighted by Crippen LogP contribution is -2.30. The summed E-state index contributed by atoms with van der Waals surface area (Å²) in [5, 5.41) is 2.76. The molecule has 0 spiro atoms. The third kappa shape index (κ3) is 2.91. The van der Waals surface area contributed by atoms with Gasteiger partial charge in [-0.15, -0.1) is 0 Å². The van der Waals surface area contributed by atoms with E-state index in [1.807, 2.05) is 6.92 Å². The number of guanidine groups is 1. The fourth-order valence-electron chi connectivity index (χ4n) is 0.317. The van der Waals surface area contributed by atoms with Gasteiger partial charge in [-0.3, -0.25) is 4.99 Å². The summed E-state index contributed by atoms with van der Waals surface area (Å²) in [6.07, 6.45) is 0. The lowest BCUT2D eigenvalue weighted by molar-refractivity contribution is 1.10. The molecule has 0 unspecified atom stereocenters. The van der Waals surface area contributed by atoms with Crippen molar-refractivity contribution in [2.45, 2.75) is 6.92 Å². The van der Waals surface area contributed by atoms with Gasteiger partial charge in [0, 0.05) is 12.7 Å². The van der Waals surface area contributed by atoms with Gasteiger partial charge >= 0.3 is 0 Å². The van der Waals surface area contributed by atoms with E-state index in [9.17, 15) is 0 Å². The largest absolute Gasteiger partial charge is 0.370 e. The predicted molar refractivity (Wildman–Crippen MR) is 44.6 cm³/mol. The third-order valence-corrected chi connectivity index (χ3v) is 1.04. The Labute approximate surface area is 61.3 Å². The summed E-state index contributed by atoms with van der Waals surface area (Å²) in [5.74, 6) is 0.355. The lowest BCUT2D eigenvalue weighted by atomic mass is 10.3. The molecule has 0 amide bonds. The summed E-state index contributed by atoms with van der Waals surface area (Å²) in [6, 6.07) is 0. The molecule has 56 valence electrons. The molecule has 0 aliphatic rings. The van der Waals surface area contributed by atoms with Crippen LogP contribution in [0, 0.1) is 0 Å². The van der Waals surface area contributed by atoms with Gasteiger partial charge in [-0.25, -0.2) is 0 Å². The molecule has 0 saturated carbocycles. The summed E-state index contributed by atoms with van der Waals surface area (Å²) in [4.78, 5) is 3.69. The molecule has 0 aromatic rings. The van der Waals surface area contributed by atoms with Crippen LogP contribution in [0.5, 0.6) is 0 Å². The standard InChI is InChI=1S/C7H13N3/c1-5(2)6(3)10-7(8)9-4/h1,3H2,2,4H3,(H3,8,9,10). The van der Waals surface area contributed by atoms with Crippen molar-refractivity contribution in [3.05, 3.63) is 24.4 Å². The monoisotopic (exact) mass is 139 g/mol. The van der Waals surface area contributed by atoms with Crippen LogP contribution < -0.4 is 11.1 Å². The maximum Gasteiger partial charge on any atom is 0.192 e. The van der Waals surface area contributed by atoms with Crippen molar-refractivity contribution in [3.63, 3.8) is 0 Å². The molecular formula is C7H13N3. The van der Waals surface area contributed by atoms with Crippen LogP contribution in [0.2, 0.25) is 0 Å². The van der Waals surface area contributed by atoms with Gasteiger partial charge in [0.1, 0.15) is 0 Å². The van der Waals surface area contributed by atoms with Crippen LogP contribution >= 0.6 is 0 Å². The Morgan fingerprint density at radius 3 is 2.30 bits per heavy atom. The molecule has 0 fully saturated rings. The number of nitrogens with two attached hydrogens (primary N) is 1. The first-order valence-electron chi connectivity index (χ1n) is 2.92. The van der Waals surface area contributed by atoms with Crippen molar-refractivity contribution in [1.29, 1.82) is 0 Å². The zero-order valence-electron chi connectivity index (χ0n) is 6.44. The summed E-state index contributed by atoms with van der Waals surface area (Å²) in [7, 11) is 1.61. The second-order valence-electron chi connectivity index (χ2n) is 1.99. The van der Waals surface area contributed by atoms with Gasteiger partial charge in [-0.05, 0) is 12.5 Å². The maximum absolute atomic E-state index is 5.35. The number of aliphatic imine (C=N–C) groups is 1. The Balaban J connectivity index is 3.93. The van der Waals surface area contributed by atoms with Crippen molar-refractivity contribution < 1.29 is 0 Å². The van der Waals surface area contributed by atoms with Gasteiger partial charge < -0.3 is 11.1 Å². The molecule has 0 heterocycles. The van der Waals surface area contributed by atoms with Crippen LogP contribution in [0.1, 0.15) is 6.92 Å². The fourth-order valence-corrected chi connectivity index (χ4v) is 0.317. The molecule has 0 saturated heterocycles.